The summed E-state index contributed by atoms with van der Waals surface area (Å²) in [5, 5.41) is 3.08. The van der Waals surface area contributed by atoms with Crippen LogP contribution in [0.1, 0.15) is 45.6 Å². The Labute approximate surface area is 151 Å². The third-order valence-electron chi connectivity index (χ3n) is 4.54. The van der Waals surface area contributed by atoms with Crippen molar-refractivity contribution < 1.29 is 9.53 Å². The maximum Gasteiger partial charge on any atom is 0.220 e. The summed E-state index contributed by atoms with van der Waals surface area (Å²) in [5.74, 6) is 0.487. The van der Waals surface area contributed by atoms with Crippen molar-refractivity contribution >= 4 is 24.0 Å². The molecule has 0 radical (unpaired) electrons. The Balaban J connectivity index is 0.00000288. The summed E-state index contributed by atoms with van der Waals surface area (Å²) in [6.07, 6.45) is 3.56. The Morgan fingerprint density at radius 3 is 2.71 bits per heavy atom. The van der Waals surface area contributed by atoms with Gasteiger partial charge in [-0.3, -0.25) is 4.79 Å². The zero-order valence-corrected chi connectivity index (χ0v) is 15.8. The fourth-order valence-electron chi connectivity index (χ4n) is 3.35. The molecule has 24 heavy (non-hydrogen) atoms. The van der Waals surface area contributed by atoms with Crippen LogP contribution in [-0.4, -0.2) is 25.2 Å². The van der Waals surface area contributed by atoms with Gasteiger partial charge < -0.3 is 15.8 Å². The van der Waals surface area contributed by atoms with Crippen molar-refractivity contribution in [2.75, 3.05) is 18.9 Å². The van der Waals surface area contributed by atoms with Crippen molar-refractivity contribution in [3.05, 3.63) is 29.8 Å². The fourth-order valence-corrected chi connectivity index (χ4v) is 3.35. The molecule has 0 bridgehead atoms. The Kier molecular flexibility index (Phi) is 8.04. The highest BCUT2D eigenvalue weighted by Crippen LogP contribution is 2.33. The topological polar surface area (TPSA) is 64.3 Å². The lowest BCUT2D eigenvalue weighted by Crippen LogP contribution is -2.45. The number of ether oxygens (including phenoxy) is 1. The molecule has 2 atom stereocenters. The summed E-state index contributed by atoms with van der Waals surface area (Å²) >= 11 is 0. The van der Waals surface area contributed by atoms with Crippen molar-refractivity contribution in [2.24, 2.45) is 11.3 Å². The quantitative estimate of drug-likeness (QED) is 0.794. The number of rotatable bonds is 5. The fraction of sp³-hybridized carbons (Fsp3) is 0.632. The van der Waals surface area contributed by atoms with E-state index in [0.29, 0.717) is 25.3 Å². The molecule has 1 aliphatic heterocycles. The SMILES string of the molecule is CC(C)(C)C1OCCCC1CNC(=O)CCc1ccccc1N.Cl. The molecule has 0 aromatic heterocycles. The molecule has 0 spiro atoms. The number of benzene rings is 1. The number of carbonyl (C=O) groups excluding carboxylic acids is 1. The average Bonchev–Trinajstić information content (AvgIpc) is 2.51. The highest BCUT2D eigenvalue weighted by Gasteiger charge is 2.35. The predicted molar refractivity (Wildman–Crippen MR) is 101 cm³/mol. The number of para-hydroxylation sites is 1. The van der Waals surface area contributed by atoms with Crippen LogP contribution in [0.4, 0.5) is 5.69 Å². The van der Waals surface area contributed by atoms with Crippen molar-refractivity contribution in [3.8, 4) is 0 Å². The maximum atomic E-state index is 12.1. The number of nitrogens with one attached hydrogen (secondary N) is 1. The number of nitrogen functional groups attached to an aromatic ring is 1. The van der Waals surface area contributed by atoms with Crippen molar-refractivity contribution in [3.63, 3.8) is 0 Å². The molecule has 1 aliphatic rings. The molecule has 1 aromatic rings. The lowest BCUT2D eigenvalue weighted by Gasteiger charge is -2.40. The summed E-state index contributed by atoms with van der Waals surface area (Å²) in [4.78, 5) is 12.1. The molecular weight excluding hydrogens is 324 g/mol. The van der Waals surface area contributed by atoms with Gasteiger partial charge in [-0.15, -0.1) is 12.4 Å². The van der Waals surface area contributed by atoms with Crippen LogP contribution in [0.5, 0.6) is 0 Å². The molecule has 1 saturated heterocycles. The van der Waals surface area contributed by atoms with Crippen molar-refractivity contribution in [1.29, 1.82) is 0 Å². The highest BCUT2D eigenvalue weighted by molar-refractivity contribution is 5.85. The molecule has 4 nitrogen and oxygen atoms in total. The number of hydrogen-bond donors (Lipinski definition) is 2. The van der Waals surface area contributed by atoms with E-state index in [0.717, 1.165) is 30.7 Å². The molecule has 1 aromatic carbocycles. The molecule has 136 valence electrons. The van der Waals surface area contributed by atoms with E-state index in [-0.39, 0.29) is 29.8 Å². The number of hydrogen-bond acceptors (Lipinski definition) is 3. The summed E-state index contributed by atoms with van der Waals surface area (Å²) in [7, 11) is 0. The molecule has 1 amide bonds. The minimum atomic E-state index is 0. The van der Waals surface area contributed by atoms with Gasteiger partial charge in [0.15, 0.2) is 0 Å². The van der Waals surface area contributed by atoms with Gasteiger partial charge in [0.1, 0.15) is 0 Å². The van der Waals surface area contributed by atoms with Crippen LogP contribution >= 0.6 is 12.4 Å². The van der Waals surface area contributed by atoms with Crippen LogP contribution in [-0.2, 0) is 16.0 Å². The normalized spacial score (nSPS) is 21.0. The molecule has 2 unspecified atom stereocenters. The van der Waals surface area contributed by atoms with Crippen molar-refractivity contribution in [2.45, 2.75) is 52.6 Å². The summed E-state index contributed by atoms with van der Waals surface area (Å²) < 4.78 is 5.96. The van der Waals surface area contributed by atoms with Gasteiger partial charge in [-0.1, -0.05) is 39.0 Å². The largest absolute Gasteiger partial charge is 0.399 e. The second-order valence-electron chi connectivity index (χ2n) is 7.56. The highest BCUT2D eigenvalue weighted by atomic mass is 35.5. The third-order valence-corrected chi connectivity index (χ3v) is 4.54. The Morgan fingerprint density at radius 2 is 2.04 bits per heavy atom. The number of nitrogens with two attached hydrogens (primary N) is 1. The first-order valence-corrected chi connectivity index (χ1v) is 8.59. The second-order valence-corrected chi connectivity index (χ2v) is 7.56. The van der Waals surface area contributed by atoms with Crippen LogP contribution in [0.2, 0.25) is 0 Å². The third kappa shape index (κ3) is 5.99. The van der Waals surface area contributed by atoms with Crippen LogP contribution in [0.25, 0.3) is 0 Å². The molecule has 2 rings (SSSR count). The van der Waals surface area contributed by atoms with Gasteiger partial charge in [-0.2, -0.15) is 0 Å². The Bertz CT molecular complexity index is 528. The molecule has 0 aliphatic carbocycles. The average molecular weight is 355 g/mol. The van der Waals surface area contributed by atoms with Crippen LogP contribution in [0.15, 0.2) is 24.3 Å². The van der Waals surface area contributed by atoms with Crippen LogP contribution in [0, 0.1) is 11.3 Å². The van der Waals surface area contributed by atoms with E-state index >= 15 is 0 Å². The number of aryl methyl sites for hydroxylation is 1. The first-order chi connectivity index (χ1) is 10.9. The van der Waals surface area contributed by atoms with Crippen LogP contribution < -0.4 is 11.1 Å². The van der Waals surface area contributed by atoms with E-state index in [4.69, 9.17) is 10.5 Å². The van der Waals surface area contributed by atoms with E-state index in [1.165, 1.54) is 0 Å². The zero-order chi connectivity index (χ0) is 16.9. The lowest BCUT2D eigenvalue weighted by atomic mass is 9.78. The smallest absolute Gasteiger partial charge is 0.220 e. The molecule has 3 N–H and O–H groups in total. The second kappa shape index (κ2) is 9.28. The van der Waals surface area contributed by atoms with E-state index < -0.39 is 0 Å². The summed E-state index contributed by atoms with van der Waals surface area (Å²) in [5.41, 5.74) is 7.82. The van der Waals surface area contributed by atoms with E-state index in [9.17, 15) is 4.79 Å². The van der Waals surface area contributed by atoms with Gasteiger partial charge in [0.05, 0.1) is 6.10 Å². The van der Waals surface area contributed by atoms with Gasteiger partial charge in [0.2, 0.25) is 5.91 Å². The lowest BCUT2D eigenvalue weighted by molar-refractivity contribution is -0.123. The number of anilines is 1. The molecule has 1 heterocycles. The monoisotopic (exact) mass is 354 g/mol. The van der Waals surface area contributed by atoms with Gasteiger partial charge in [0.25, 0.3) is 0 Å². The van der Waals surface area contributed by atoms with E-state index in [1.807, 2.05) is 24.3 Å². The molecule has 1 fully saturated rings. The summed E-state index contributed by atoms with van der Waals surface area (Å²) in [6, 6.07) is 7.72. The minimum Gasteiger partial charge on any atom is -0.399 e. The Hall–Kier alpha value is -1.26. The molecule has 5 heteroatoms. The minimum absolute atomic E-state index is 0. The zero-order valence-electron chi connectivity index (χ0n) is 15.0. The van der Waals surface area contributed by atoms with Gasteiger partial charge >= 0.3 is 0 Å². The Morgan fingerprint density at radius 1 is 1.33 bits per heavy atom. The standard InChI is InChI=1S/C19H30N2O2.ClH/c1-19(2,3)18-15(8-6-12-23-18)13-21-17(22)11-10-14-7-4-5-9-16(14)20;/h4-5,7,9,15,18H,6,8,10-13,20H2,1-3H3,(H,21,22);1H. The first-order valence-electron chi connectivity index (χ1n) is 8.59. The number of amides is 1. The summed E-state index contributed by atoms with van der Waals surface area (Å²) in [6.45, 7) is 8.15. The number of carbonyl (C=O) groups is 1. The van der Waals surface area contributed by atoms with Crippen LogP contribution in [0.3, 0.4) is 0 Å². The van der Waals surface area contributed by atoms with Gasteiger partial charge in [-0.25, -0.2) is 0 Å². The van der Waals surface area contributed by atoms with E-state index in [1.54, 1.807) is 0 Å². The van der Waals surface area contributed by atoms with E-state index in [2.05, 4.69) is 26.1 Å². The maximum absolute atomic E-state index is 12.1. The molecule has 0 saturated carbocycles. The van der Waals surface area contributed by atoms with Gasteiger partial charge in [0, 0.05) is 31.2 Å². The van der Waals surface area contributed by atoms with Crippen molar-refractivity contribution in [1.82, 2.24) is 5.32 Å². The first kappa shape index (κ1) is 20.8. The predicted octanol–water partition coefficient (Wildman–Crippen LogP) is 3.58. The van der Waals surface area contributed by atoms with Gasteiger partial charge in [-0.05, 0) is 36.3 Å². The molecular formula is C19H31ClN2O2. The number of halogens is 1.